The van der Waals surface area contributed by atoms with Crippen molar-refractivity contribution in [2.24, 2.45) is 5.73 Å². The van der Waals surface area contributed by atoms with Gasteiger partial charge in [0.25, 0.3) is 0 Å². The fraction of sp³-hybridized carbons (Fsp3) is 0.600. The van der Waals surface area contributed by atoms with Gasteiger partial charge in [-0.1, -0.05) is 26.0 Å². The molecular formula is C15H26N2O. The minimum atomic E-state index is 0.100. The van der Waals surface area contributed by atoms with E-state index in [2.05, 4.69) is 37.9 Å². The first-order valence-electron chi connectivity index (χ1n) is 6.66. The van der Waals surface area contributed by atoms with Crippen LogP contribution >= 0.6 is 0 Å². The lowest BCUT2D eigenvalue weighted by Gasteiger charge is -2.40. The Bertz CT molecular complexity index is 353. The summed E-state index contributed by atoms with van der Waals surface area (Å²) >= 11 is 0. The van der Waals surface area contributed by atoms with Crippen LogP contribution in [0.5, 0.6) is 5.75 Å². The summed E-state index contributed by atoms with van der Waals surface area (Å²) in [6.45, 7) is 6.01. The maximum Gasteiger partial charge on any atom is 0.119 e. The fourth-order valence-corrected chi connectivity index (χ4v) is 2.45. The van der Waals surface area contributed by atoms with Crippen molar-refractivity contribution in [3.05, 3.63) is 29.8 Å². The van der Waals surface area contributed by atoms with Gasteiger partial charge in [0.15, 0.2) is 0 Å². The fourth-order valence-electron chi connectivity index (χ4n) is 2.45. The summed E-state index contributed by atoms with van der Waals surface area (Å²) in [5.74, 6) is 0.909. The highest BCUT2D eigenvalue weighted by atomic mass is 16.5. The lowest BCUT2D eigenvalue weighted by atomic mass is 9.90. The molecule has 1 aromatic carbocycles. The number of hydrogen-bond acceptors (Lipinski definition) is 3. The molecule has 2 N–H and O–H groups in total. The molecule has 0 saturated carbocycles. The van der Waals surface area contributed by atoms with E-state index in [1.54, 1.807) is 7.11 Å². The lowest BCUT2D eigenvalue weighted by molar-refractivity contribution is 0.108. The Morgan fingerprint density at radius 2 is 1.94 bits per heavy atom. The molecule has 0 saturated heterocycles. The average molecular weight is 250 g/mol. The molecule has 1 aromatic rings. The summed E-state index contributed by atoms with van der Waals surface area (Å²) in [6, 6.07) is 8.22. The zero-order chi connectivity index (χ0) is 13.6. The van der Waals surface area contributed by atoms with E-state index in [9.17, 15) is 0 Å². The van der Waals surface area contributed by atoms with E-state index in [4.69, 9.17) is 10.5 Å². The molecule has 18 heavy (non-hydrogen) atoms. The van der Waals surface area contributed by atoms with E-state index in [1.807, 2.05) is 12.1 Å². The molecule has 102 valence electrons. The predicted octanol–water partition coefficient (Wildman–Crippen LogP) is 2.64. The Kier molecular flexibility index (Phi) is 5.63. The van der Waals surface area contributed by atoms with Crippen molar-refractivity contribution >= 4 is 0 Å². The van der Waals surface area contributed by atoms with Crippen LogP contribution in [0.3, 0.4) is 0 Å². The van der Waals surface area contributed by atoms with Crippen LogP contribution in [0.4, 0.5) is 0 Å². The molecule has 0 aromatic heterocycles. The molecular weight excluding hydrogens is 224 g/mol. The van der Waals surface area contributed by atoms with Gasteiger partial charge in [0.1, 0.15) is 5.75 Å². The maximum absolute atomic E-state index is 5.97. The van der Waals surface area contributed by atoms with Crippen molar-refractivity contribution in [3.63, 3.8) is 0 Å². The third-order valence-corrected chi connectivity index (χ3v) is 4.06. The number of likely N-dealkylation sites (N-methyl/N-ethyl adjacent to an activating group) is 1. The van der Waals surface area contributed by atoms with Crippen molar-refractivity contribution < 1.29 is 4.74 Å². The Morgan fingerprint density at radius 3 is 2.44 bits per heavy atom. The van der Waals surface area contributed by atoms with Crippen LogP contribution in [0.1, 0.15) is 32.3 Å². The molecule has 0 spiro atoms. The molecule has 0 aliphatic carbocycles. The van der Waals surface area contributed by atoms with Crippen molar-refractivity contribution in [3.8, 4) is 5.75 Å². The number of rotatable bonds is 7. The van der Waals surface area contributed by atoms with Crippen molar-refractivity contribution in [1.82, 2.24) is 4.90 Å². The van der Waals surface area contributed by atoms with Gasteiger partial charge in [0.05, 0.1) is 7.11 Å². The standard InChI is InChI=1S/C15H26N2O/c1-5-15(6-2,12-16)17(3)11-13-8-7-9-14(10-13)18-4/h7-10H,5-6,11-12,16H2,1-4H3. The number of nitrogens with two attached hydrogens (primary N) is 1. The highest BCUT2D eigenvalue weighted by Gasteiger charge is 2.29. The van der Waals surface area contributed by atoms with Crippen LogP contribution in [0.25, 0.3) is 0 Å². The third-order valence-electron chi connectivity index (χ3n) is 4.06. The summed E-state index contributed by atoms with van der Waals surface area (Å²) < 4.78 is 5.26. The van der Waals surface area contributed by atoms with Crippen molar-refractivity contribution in [2.75, 3.05) is 20.7 Å². The predicted molar refractivity (Wildman–Crippen MR) is 76.8 cm³/mol. The zero-order valence-corrected chi connectivity index (χ0v) is 12.1. The van der Waals surface area contributed by atoms with Crippen molar-refractivity contribution in [1.29, 1.82) is 0 Å². The van der Waals surface area contributed by atoms with Gasteiger partial charge in [-0.25, -0.2) is 0 Å². The number of nitrogens with zero attached hydrogens (tertiary/aromatic N) is 1. The van der Waals surface area contributed by atoms with Gasteiger partial charge in [0, 0.05) is 18.6 Å². The molecule has 0 fully saturated rings. The number of ether oxygens (including phenoxy) is 1. The number of hydrogen-bond donors (Lipinski definition) is 1. The van der Waals surface area contributed by atoms with E-state index in [1.165, 1.54) is 5.56 Å². The second-order valence-electron chi connectivity index (χ2n) is 4.84. The van der Waals surface area contributed by atoms with Gasteiger partial charge in [-0.15, -0.1) is 0 Å². The van der Waals surface area contributed by atoms with Gasteiger partial charge >= 0.3 is 0 Å². The van der Waals surface area contributed by atoms with E-state index < -0.39 is 0 Å². The molecule has 0 atom stereocenters. The van der Waals surface area contributed by atoms with Crippen LogP contribution in [0.15, 0.2) is 24.3 Å². The van der Waals surface area contributed by atoms with Crippen LogP contribution in [0.2, 0.25) is 0 Å². The summed E-state index contributed by atoms with van der Waals surface area (Å²) in [5.41, 5.74) is 7.33. The zero-order valence-electron chi connectivity index (χ0n) is 12.1. The van der Waals surface area contributed by atoms with E-state index >= 15 is 0 Å². The topological polar surface area (TPSA) is 38.5 Å². The van der Waals surface area contributed by atoms with Crippen LogP contribution in [-0.4, -0.2) is 31.1 Å². The molecule has 0 unspecified atom stereocenters. The first-order chi connectivity index (χ1) is 8.61. The van der Waals surface area contributed by atoms with Crippen LogP contribution in [0, 0.1) is 0 Å². The van der Waals surface area contributed by atoms with E-state index in [-0.39, 0.29) is 5.54 Å². The number of methoxy groups -OCH3 is 1. The molecule has 0 amide bonds. The molecule has 3 nitrogen and oxygen atoms in total. The maximum atomic E-state index is 5.97. The molecule has 0 radical (unpaired) electrons. The Labute approximate surface area is 111 Å². The summed E-state index contributed by atoms with van der Waals surface area (Å²) in [7, 11) is 3.85. The molecule has 0 heterocycles. The largest absolute Gasteiger partial charge is 0.497 e. The molecule has 0 bridgehead atoms. The Hall–Kier alpha value is -1.06. The van der Waals surface area contributed by atoms with Gasteiger partial charge < -0.3 is 10.5 Å². The highest BCUT2D eigenvalue weighted by Crippen LogP contribution is 2.24. The van der Waals surface area contributed by atoms with Crippen LogP contribution in [-0.2, 0) is 6.54 Å². The normalized spacial score (nSPS) is 11.9. The van der Waals surface area contributed by atoms with E-state index in [0.717, 1.165) is 25.1 Å². The van der Waals surface area contributed by atoms with Gasteiger partial charge in [0.2, 0.25) is 0 Å². The molecule has 0 aliphatic heterocycles. The average Bonchev–Trinajstić information content (AvgIpc) is 2.41. The second kappa shape index (κ2) is 6.76. The summed E-state index contributed by atoms with van der Waals surface area (Å²) in [5, 5.41) is 0. The first-order valence-corrected chi connectivity index (χ1v) is 6.66. The minimum Gasteiger partial charge on any atom is -0.497 e. The first kappa shape index (κ1) is 15.0. The van der Waals surface area contributed by atoms with Gasteiger partial charge in [-0.2, -0.15) is 0 Å². The Balaban J connectivity index is 2.82. The smallest absolute Gasteiger partial charge is 0.119 e. The highest BCUT2D eigenvalue weighted by molar-refractivity contribution is 5.28. The third kappa shape index (κ3) is 3.24. The monoisotopic (exact) mass is 250 g/mol. The number of benzene rings is 1. The second-order valence-corrected chi connectivity index (χ2v) is 4.84. The van der Waals surface area contributed by atoms with Crippen LogP contribution < -0.4 is 10.5 Å². The van der Waals surface area contributed by atoms with Gasteiger partial charge in [-0.05, 0) is 37.6 Å². The SMILES string of the molecule is CCC(CC)(CN)N(C)Cc1cccc(OC)c1. The molecule has 0 aliphatic rings. The van der Waals surface area contributed by atoms with Crippen molar-refractivity contribution in [2.45, 2.75) is 38.8 Å². The summed E-state index contributed by atoms with van der Waals surface area (Å²) in [6.07, 6.45) is 2.14. The minimum absolute atomic E-state index is 0.100. The van der Waals surface area contributed by atoms with Gasteiger partial charge in [-0.3, -0.25) is 4.90 Å². The lowest BCUT2D eigenvalue weighted by Crippen LogP contribution is -2.50. The quantitative estimate of drug-likeness (QED) is 0.808. The molecule has 1 rings (SSSR count). The van der Waals surface area contributed by atoms with E-state index in [0.29, 0.717) is 6.54 Å². The summed E-state index contributed by atoms with van der Waals surface area (Å²) in [4.78, 5) is 2.36. The Morgan fingerprint density at radius 1 is 1.28 bits per heavy atom. The molecule has 3 heteroatoms.